The van der Waals surface area contributed by atoms with Crippen molar-refractivity contribution in [1.82, 2.24) is 0 Å². The summed E-state index contributed by atoms with van der Waals surface area (Å²) >= 11 is 0. The fraction of sp³-hybridized carbons (Fsp3) is 1.00. The van der Waals surface area contributed by atoms with Gasteiger partial charge in [0.1, 0.15) is 0 Å². The van der Waals surface area contributed by atoms with Gasteiger partial charge in [0.2, 0.25) is 0 Å². The van der Waals surface area contributed by atoms with Crippen LogP contribution in [0.15, 0.2) is 0 Å². The smallest absolute Gasteiger partial charge is 0.156 e. The molecule has 1 fully saturated rings. The molecule has 0 bridgehead atoms. The van der Waals surface area contributed by atoms with E-state index in [-0.39, 0.29) is 12.1 Å². The van der Waals surface area contributed by atoms with Crippen molar-refractivity contribution < 1.29 is 14.9 Å². The maximum Gasteiger partial charge on any atom is 0.156 e. The third-order valence-corrected chi connectivity index (χ3v) is 1.77. The minimum atomic E-state index is -0.812. The van der Waals surface area contributed by atoms with Crippen LogP contribution >= 0.6 is 0 Å². The lowest BCUT2D eigenvalue weighted by molar-refractivity contribution is -0.198. The highest BCUT2D eigenvalue weighted by Gasteiger charge is 2.31. The number of nitrogens with two attached hydrogens (primary N) is 1. The molecule has 60 valence electrons. The van der Waals surface area contributed by atoms with Gasteiger partial charge in [0.05, 0.1) is 12.2 Å². The normalized spacial score (nSPS) is 49.2. The van der Waals surface area contributed by atoms with E-state index in [9.17, 15) is 5.11 Å². The second-order valence-corrected chi connectivity index (χ2v) is 2.69. The number of aliphatic hydroxyl groups is 2. The summed E-state index contributed by atoms with van der Waals surface area (Å²) in [7, 11) is 0. The van der Waals surface area contributed by atoms with E-state index in [1.54, 1.807) is 6.92 Å². The van der Waals surface area contributed by atoms with Crippen LogP contribution in [-0.4, -0.2) is 34.8 Å². The molecule has 0 saturated carbocycles. The zero-order valence-corrected chi connectivity index (χ0v) is 5.90. The van der Waals surface area contributed by atoms with E-state index in [0.717, 1.165) is 0 Å². The fourth-order valence-corrected chi connectivity index (χ4v) is 1.10. The molecular weight excluding hydrogens is 134 g/mol. The Labute approximate surface area is 59.6 Å². The number of hydrogen-bond acceptors (Lipinski definition) is 4. The van der Waals surface area contributed by atoms with Gasteiger partial charge >= 0.3 is 0 Å². The van der Waals surface area contributed by atoms with Crippen LogP contribution < -0.4 is 5.73 Å². The van der Waals surface area contributed by atoms with Crippen LogP contribution in [0, 0.1) is 0 Å². The lowest BCUT2D eigenvalue weighted by Crippen LogP contribution is -2.51. The first kappa shape index (κ1) is 7.94. The third-order valence-electron chi connectivity index (χ3n) is 1.77. The highest BCUT2D eigenvalue weighted by Crippen LogP contribution is 2.16. The summed E-state index contributed by atoms with van der Waals surface area (Å²) in [5, 5.41) is 18.2. The van der Waals surface area contributed by atoms with E-state index in [1.165, 1.54) is 0 Å². The Morgan fingerprint density at radius 2 is 2.10 bits per heavy atom. The Morgan fingerprint density at radius 1 is 1.50 bits per heavy atom. The van der Waals surface area contributed by atoms with Crippen LogP contribution in [0.25, 0.3) is 0 Å². The standard InChI is InChI=1S/C6H13NO3/c1-3-6(9)4(7)2-5(8)10-3/h3-6,8-9H,2,7H2,1H3/t3?,4?,5-,6+/m0/s1. The zero-order valence-electron chi connectivity index (χ0n) is 5.90. The van der Waals surface area contributed by atoms with E-state index in [0.29, 0.717) is 6.42 Å². The Kier molecular flexibility index (Phi) is 2.25. The first-order valence-electron chi connectivity index (χ1n) is 3.38. The first-order chi connectivity index (χ1) is 4.61. The molecule has 0 spiro atoms. The highest BCUT2D eigenvalue weighted by molar-refractivity contribution is 4.82. The van der Waals surface area contributed by atoms with Crippen molar-refractivity contribution in [2.24, 2.45) is 5.73 Å². The summed E-state index contributed by atoms with van der Waals surface area (Å²) in [5.74, 6) is 0. The molecule has 1 aliphatic rings. The molecule has 4 heteroatoms. The molecule has 0 aromatic rings. The van der Waals surface area contributed by atoms with E-state index in [2.05, 4.69) is 0 Å². The minimum absolute atomic E-state index is 0.311. The van der Waals surface area contributed by atoms with Crippen LogP contribution in [0.2, 0.25) is 0 Å². The fourth-order valence-electron chi connectivity index (χ4n) is 1.10. The maximum atomic E-state index is 9.20. The molecule has 0 radical (unpaired) electrons. The lowest BCUT2D eigenvalue weighted by Gasteiger charge is -2.33. The Hall–Kier alpha value is -0.160. The van der Waals surface area contributed by atoms with Gasteiger partial charge in [-0.2, -0.15) is 0 Å². The van der Waals surface area contributed by atoms with Crippen molar-refractivity contribution in [1.29, 1.82) is 0 Å². The summed E-state index contributed by atoms with van der Waals surface area (Å²) in [5.41, 5.74) is 5.47. The van der Waals surface area contributed by atoms with Gasteiger partial charge in [-0.3, -0.25) is 0 Å². The number of hydrogen-bond donors (Lipinski definition) is 3. The molecule has 1 heterocycles. The molecule has 0 aromatic carbocycles. The van der Waals surface area contributed by atoms with Crippen LogP contribution in [0.5, 0.6) is 0 Å². The molecule has 4 N–H and O–H groups in total. The first-order valence-corrected chi connectivity index (χ1v) is 3.38. The SMILES string of the molecule is CC1O[C@H](O)CC(N)[C@@H]1O. The molecule has 4 nitrogen and oxygen atoms in total. The van der Waals surface area contributed by atoms with Crippen molar-refractivity contribution >= 4 is 0 Å². The van der Waals surface area contributed by atoms with Crippen LogP contribution in [-0.2, 0) is 4.74 Å². The molecule has 1 saturated heterocycles. The van der Waals surface area contributed by atoms with Crippen LogP contribution in [0.1, 0.15) is 13.3 Å². The molecule has 10 heavy (non-hydrogen) atoms. The Balaban J connectivity index is 2.49. The quantitative estimate of drug-likeness (QED) is 0.402. The highest BCUT2D eigenvalue weighted by atomic mass is 16.6. The third kappa shape index (κ3) is 1.46. The lowest BCUT2D eigenvalue weighted by atomic mass is 10.0. The number of rotatable bonds is 0. The summed E-state index contributed by atoms with van der Waals surface area (Å²) in [6.45, 7) is 1.69. The molecule has 0 aliphatic carbocycles. The van der Waals surface area contributed by atoms with E-state index in [1.807, 2.05) is 0 Å². The van der Waals surface area contributed by atoms with Crippen LogP contribution in [0.4, 0.5) is 0 Å². The Bertz CT molecular complexity index is 108. The van der Waals surface area contributed by atoms with Crippen molar-refractivity contribution in [3.05, 3.63) is 0 Å². The number of ether oxygens (including phenoxy) is 1. The summed E-state index contributed by atoms with van der Waals surface area (Å²) in [4.78, 5) is 0. The van der Waals surface area contributed by atoms with Gasteiger partial charge < -0.3 is 20.7 Å². The van der Waals surface area contributed by atoms with Crippen molar-refractivity contribution in [3.63, 3.8) is 0 Å². The van der Waals surface area contributed by atoms with Crippen molar-refractivity contribution in [2.75, 3.05) is 0 Å². The summed E-state index contributed by atoms with van der Waals surface area (Å²) in [6.07, 6.45) is -1.51. The number of aliphatic hydroxyl groups excluding tert-OH is 2. The van der Waals surface area contributed by atoms with E-state index < -0.39 is 12.4 Å². The maximum absolute atomic E-state index is 9.20. The molecule has 1 aliphatic heterocycles. The zero-order chi connectivity index (χ0) is 7.72. The van der Waals surface area contributed by atoms with Gasteiger partial charge in [0.25, 0.3) is 0 Å². The van der Waals surface area contributed by atoms with Gasteiger partial charge in [-0.15, -0.1) is 0 Å². The molecule has 1 rings (SSSR count). The average molecular weight is 147 g/mol. The molecule has 0 amide bonds. The predicted octanol–water partition coefficient (Wildman–Crippen LogP) is -1.20. The average Bonchev–Trinajstić information content (AvgIpc) is 1.82. The van der Waals surface area contributed by atoms with E-state index in [4.69, 9.17) is 15.6 Å². The van der Waals surface area contributed by atoms with Crippen molar-refractivity contribution in [3.8, 4) is 0 Å². The summed E-state index contributed by atoms with van der Waals surface area (Å²) < 4.78 is 4.89. The van der Waals surface area contributed by atoms with Crippen molar-refractivity contribution in [2.45, 2.75) is 37.9 Å². The van der Waals surface area contributed by atoms with Gasteiger partial charge in [0.15, 0.2) is 6.29 Å². The molecule has 0 aromatic heterocycles. The van der Waals surface area contributed by atoms with Gasteiger partial charge in [0, 0.05) is 12.5 Å². The van der Waals surface area contributed by atoms with Crippen LogP contribution in [0.3, 0.4) is 0 Å². The largest absolute Gasteiger partial charge is 0.389 e. The predicted molar refractivity (Wildman–Crippen MR) is 35.2 cm³/mol. The van der Waals surface area contributed by atoms with E-state index >= 15 is 0 Å². The topological polar surface area (TPSA) is 75.7 Å². The monoisotopic (exact) mass is 147 g/mol. The Morgan fingerprint density at radius 3 is 2.60 bits per heavy atom. The minimum Gasteiger partial charge on any atom is -0.389 e. The van der Waals surface area contributed by atoms with Gasteiger partial charge in [-0.05, 0) is 6.92 Å². The molecule has 2 unspecified atom stereocenters. The molecule has 4 atom stereocenters. The van der Waals surface area contributed by atoms with Gasteiger partial charge in [-0.25, -0.2) is 0 Å². The van der Waals surface area contributed by atoms with Gasteiger partial charge in [-0.1, -0.05) is 0 Å². The summed E-state index contributed by atoms with van der Waals surface area (Å²) in [6, 6.07) is -0.362. The molecular formula is C6H13NO3. The second kappa shape index (κ2) is 2.84. The second-order valence-electron chi connectivity index (χ2n) is 2.69.